The Bertz CT molecular complexity index is 586. The molecule has 5 nitrogen and oxygen atoms in total. The molecule has 1 aromatic carbocycles. The van der Waals surface area contributed by atoms with Crippen molar-refractivity contribution < 1.29 is 9.90 Å². The number of aliphatic hydroxyl groups is 1. The standard InChI is InChI=1S/C20H29N3O2/c24-19(23-14-20(25,15-23)16-6-2-1-3-7-16)21-17-10-12-22(13-11-17)18-8-4-5-9-18/h1-3,6-7,17-18,25H,4-5,8-15H2,(H,21,24). The first-order chi connectivity index (χ1) is 12.1. The molecule has 2 N–H and O–H groups in total. The molecule has 3 aliphatic rings. The summed E-state index contributed by atoms with van der Waals surface area (Å²) in [7, 11) is 0. The molecule has 0 radical (unpaired) electrons. The minimum Gasteiger partial charge on any atom is -0.381 e. The van der Waals surface area contributed by atoms with Crippen LogP contribution >= 0.6 is 0 Å². The van der Waals surface area contributed by atoms with Crippen molar-refractivity contribution in [3.63, 3.8) is 0 Å². The molecule has 5 heteroatoms. The number of hydrogen-bond donors (Lipinski definition) is 2. The molecule has 136 valence electrons. The minimum absolute atomic E-state index is 0.0278. The molecule has 1 aromatic rings. The van der Waals surface area contributed by atoms with E-state index in [4.69, 9.17) is 0 Å². The highest BCUT2D eigenvalue weighted by Gasteiger charge is 2.45. The molecular weight excluding hydrogens is 314 g/mol. The fourth-order valence-corrected chi connectivity index (χ4v) is 4.60. The molecule has 0 aromatic heterocycles. The zero-order chi connectivity index (χ0) is 17.3. The smallest absolute Gasteiger partial charge is 0.317 e. The van der Waals surface area contributed by atoms with E-state index >= 15 is 0 Å². The van der Waals surface area contributed by atoms with E-state index in [0.29, 0.717) is 13.1 Å². The number of benzene rings is 1. The van der Waals surface area contributed by atoms with Gasteiger partial charge in [-0.05, 0) is 31.2 Å². The summed E-state index contributed by atoms with van der Waals surface area (Å²) < 4.78 is 0. The number of amides is 2. The van der Waals surface area contributed by atoms with Crippen molar-refractivity contribution in [2.45, 2.75) is 56.2 Å². The van der Waals surface area contributed by atoms with Crippen molar-refractivity contribution >= 4 is 6.03 Å². The minimum atomic E-state index is -0.884. The Morgan fingerprint density at radius 1 is 1.04 bits per heavy atom. The second kappa shape index (κ2) is 6.96. The van der Waals surface area contributed by atoms with Crippen molar-refractivity contribution in [2.24, 2.45) is 0 Å². The normalized spacial score (nSPS) is 24.9. The molecule has 2 amide bonds. The molecule has 2 heterocycles. The van der Waals surface area contributed by atoms with E-state index in [9.17, 15) is 9.90 Å². The average molecular weight is 343 g/mol. The van der Waals surface area contributed by atoms with Crippen LogP contribution in [0.5, 0.6) is 0 Å². The average Bonchev–Trinajstić information content (AvgIpc) is 3.15. The lowest BCUT2D eigenvalue weighted by molar-refractivity contribution is -0.0821. The van der Waals surface area contributed by atoms with Crippen LogP contribution in [0.3, 0.4) is 0 Å². The zero-order valence-corrected chi connectivity index (χ0v) is 14.9. The Labute approximate surface area is 150 Å². The first-order valence-corrected chi connectivity index (χ1v) is 9.71. The lowest BCUT2D eigenvalue weighted by atomic mass is 9.86. The fourth-order valence-electron chi connectivity index (χ4n) is 4.60. The summed E-state index contributed by atoms with van der Waals surface area (Å²) in [5.74, 6) is 0. The van der Waals surface area contributed by atoms with Crippen LogP contribution in [-0.2, 0) is 5.60 Å². The number of carbonyl (C=O) groups is 1. The van der Waals surface area contributed by atoms with Gasteiger partial charge >= 0.3 is 6.03 Å². The number of nitrogens with one attached hydrogen (secondary N) is 1. The van der Waals surface area contributed by atoms with Crippen molar-refractivity contribution in [3.8, 4) is 0 Å². The molecule has 2 aliphatic heterocycles. The quantitative estimate of drug-likeness (QED) is 0.885. The van der Waals surface area contributed by atoms with Gasteiger partial charge in [-0.3, -0.25) is 0 Å². The van der Waals surface area contributed by atoms with Gasteiger partial charge in [0, 0.05) is 25.2 Å². The molecule has 2 saturated heterocycles. The second-order valence-corrected chi connectivity index (χ2v) is 7.95. The zero-order valence-electron chi connectivity index (χ0n) is 14.9. The number of hydrogen-bond acceptors (Lipinski definition) is 3. The first-order valence-electron chi connectivity index (χ1n) is 9.71. The summed E-state index contributed by atoms with van der Waals surface area (Å²) in [6.07, 6.45) is 7.53. The Hall–Kier alpha value is -1.59. The highest BCUT2D eigenvalue weighted by Crippen LogP contribution is 2.32. The molecule has 0 unspecified atom stereocenters. The van der Waals surface area contributed by atoms with Crippen LogP contribution in [-0.4, -0.2) is 59.2 Å². The monoisotopic (exact) mass is 343 g/mol. The number of β-amino-alcohol motifs (C(OH)–C–C–N with tert-alkyl or cyclic N) is 1. The van der Waals surface area contributed by atoms with E-state index in [1.807, 2.05) is 30.3 Å². The van der Waals surface area contributed by atoms with E-state index in [2.05, 4.69) is 10.2 Å². The van der Waals surface area contributed by atoms with E-state index < -0.39 is 5.60 Å². The van der Waals surface area contributed by atoms with Gasteiger partial charge in [0.2, 0.25) is 0 Å². The summed E-state index contributed by atoms with van der Waals surface area (Å²) in [6.45, 7) is 2.96. The number of nitrogens with zero attached hydrogens (tertiary/aromatic N) is 2. The van der Waals surface area contributed by atoms with Gasteiger partial charge in [0.25, 0.3) is 0 Å². The summed E-state index contributed by atoms with van der Waals surface area (Å²) in [6, 6.07) is 10.7. The first kappa shape index (κ1) is 16.9. The Balaban J connectivity index is 1.23. The van der Waals surface area contributed by atoms with Gasteiger partial charge < -0.3 is 20.2 Å². The molecule has 25 heavy (non-hydrogen) atoms. The van der Waals surface area contributed by atoms with E-state index in [1.54, 1.807) is 4.90 Å². The van der Waals surface area contributed by atoms with Crippen LogP contribution in [0.15, 0.2) is 30.3 Å². The third-order valence-electron chi connectivity index (χ3n) is 6.20. The maximum absolute atomic E-state index is 12.4. The summed E-state index contributed by atoms with van der Waals surface area (Å²) in [5.41, 5.74) is 0.00803. The molecule has 0 bridgehead atoms. The molecule has 4 rings (SSSR count). The van der Waals surface area contributed by atoms with Crippen molar-refractivity contribution in [3.05, 3.63) is 35.9 Å². The topological polar surface area (TPSA) is 55.8 Å². The summed E-state index contributed by atoms with van der Waals surface area (Å²) >= 11 is 0. The molecule has 0 atom stereocenters. The number of urea groups is 1. The largest absolute Gasteiger partial charge is 0.381 e. The Morgan fingerprint density at radius 3 is 2.32 bits per heavy atom. The Kier molecular flexibility index (Phi) is 4.69. The van der Waals surface area contributed by atoms with Crippen LogP contribution < -0.4 is 5.32 Å². The van der Waals surface area contributed by atoms with E-state index in [1.165, 1.54) is 25.7 Å². The predicted octanol–water partition coefficient (Wildman–Crippen LogP) is 2.31. The lowest BCUT2D eigenvalue weighted by Crippen LogP contribution is -2.64. The Morgan fingerprint density at radius 2 is 1.68 bits per heavy atom. The van der Waals surface area contributed by atoms with Gasteiger partial charge in [-0.25, -0.2) is 4.79 Å². The van der Waals surface area contributed by atoms with Crippen LogP contribution in [0.25, 0.3) is 0 Å². The third-order valence-corrected chi connectivity index (χ3v) is 6.20. The lowest BCUT2D eigenvalue weighted by Gasteiger charge is -2.47. The molecule has 1 saturated carbocycles. The summed E-state index contributed by atoms with van der Waals surface area (Å²) in [5, 5.41) is 13.8. The van der Waals surface area contributed by atoms with E-state index in [0.717, 1.165) is 37.5 Å². The van der Waals surface area contributed by atoms with Gasteiger partial charge in [-0.15, -0.1) is 0 Å². The maximum Gasteiger partial charge on any atom is 0.317 e. The highest BCUT2D eigenvalue weighted by atomic mass is 16.3. The predicted molar refractivity (Wildman–Crippen MR) is 97.3 cm³/mol. The molecule has 3 fully saturated rings. The highest BCUT2D eigenvalue weighted by molar-refractivity contribution is 5.76. The number of likely N-dealkylation sites (tertiary alicyclic amines) is 2. The molecule has 0 spiro atoms. The van der Waals surface area contributed by atoms with Gasteiger partial charge in [-0.1, -0.05) is 43.2 Å². The van der Waals surface area contributed by atoms with Crippen LogP contribution in [0.1, 0.15) is 44.1 Å². The van der Waals surface area contributed by atoms with E-state index in [-0.39, 0.29) is 12.1 Å². The fraction of sp³-hybridized carbons (Fsp3) is 0.650. The van der Waals surface area contributed by atoms with Crippen molar-refractivity contribution in [1.29, 1.82) is 0 Å². The molecule has 1 aliphatic carbocycles. The SMILES string of the molecule is O=C(NC1CCN(C2CCCC2)CC1)N1CC(O)(c2ccccc2)C1. The van der Waals surface area contributed by atoms with Gasteiger partial charge in [0.15, 0.2) is 0 Å². The van der Waals surface area contributed by atoms with Crippen LogP contribution in [0.2, 0.25) is 0 Å². The van der Waals surface area contributed by atoms with Crippen molar-refractivity contribution in [2.75, 3.05) is 26.2 Å². The maximum atomic E-state index is 12.4. The second-order valence-electron chi connectivity index (χ2n) is 7.95. The third kappa shape index (κ3) is 3.53. The number of piperidine rings is 1. The van der Waals surface area contributed by atoms with Gasteiger partial charge in [0.05, 0.1) is 13.1 Å². The molecular formula is C20H29N3O2. The summed E-state index contributed by atoms with van der Waals surface area (Å²) in [4.78, 5) is 16.8. The number of rotatable bonds is 3. The van der Waals surface area contributed by atoms with Crippen molar-refractivity contribution in [1.82, 2.24) is 15.1 Å². The van der Waals surface area contributed by atoms with Crippen LogP contribution in [0.4, 0.5) is 4.79 Å². The number of carbonyl (C=O) groups excluding carboxylic acids is 1. The van der Waals surface area contributed by atoms with Gasteiger partial charge in [0.1, 0.15) is 5.60 Å². The van der Waals surface area contributed by atoms with Gasteiger partial charge in [-0.2, -0.15) is 0 Å². The van der Waals surface area contributed by atoms with Crippen LogP contribution in [0, 0.1) is 0 Å².